The summed E-state index contributed by atoms with van der Waals surface area (Å²) in [6.07, 6.45) is -5.83. The molecule has 10 N–H and O–H groups in total. The molecule has 0 aromatic heterocycles. The van der Waals surface area contributed by atoms with Gasteiger partial charge in [0.25, 0.3) is 31.3 Å². The summed E-state index contributed by atoms with van der Waals surface area (Å²) >= 11 is 0. The number of phosphoric ester groups is 4. The highest BCUT2D eigenvalue weighted by Gasteiger charge is 2.45. The first-order valence-corrected chi connectivity index (χ1v) is 44.3. The lowest BCUT2D eigenvalue weighted by Gasteiger charge is -2.40. The highest BCUT2D eigenvalue weighted by atomic mass is 31.2. The van der Waals surface area contributed by atoms with Gasteiger partial charge in [-0.1, -0.05) is 80.1 Å². The van der Waals surface area contributed by atoms with Crippen LogP contribution < -0.4 is 19.6 Å². The number of ether oxygens (including phenoxy) is 12. The van der Waals surface area contributed by atoms with Crippen LogP contribution in [0.1, 0.15) is 151 Å². The second-order valence-electron chi connectivity index (χ2n) is 28.3. The fraction of sp³-hybridized carbons (Fsp3) is 1.00. The van der Waals surface area contributed by atoms with Crippen LogP contribution in [0.5, 0.6) is 0 Å². The Bertz CT molecular complexity index is 2230. The average Bonchev–Trinajstić information content (AvgIpc) is 0.829. The highest BCUT2D eigenvalue weighted by molar-refractivity contribution is 7.46. The molecule has 38 nitrogen and oxygen atoms in total. The van der Waals surface area contributed by atoms with Crippen molar-refractivity contribution in [3.05, 3.63) is 0 Å². The number of unbranched alkanes of at least 4 members (excludes halogenated alkanes) is 9. The molecule has 11 unspecified atom stereocenters. The van der Waals surface area contributed by atoms with Crippen LogP contribution in [0, 0.1) is 35.0 Å². The molecule has 3 fully saturated rings. The third-order valence-electron chi connectivity index (χ3n) is 17.4. The van der Waals surface area contributed by atoms with Crippen molar-refractivity contribution in [2.75, 3.05) is 179 Å². The fourth-order valence-corrected chi connectivity index (χ4v) is 14.0. The molecule has 0 radical (unpaired) electrons. The predicted octanol–water partition coefficient (Wildman–Crippen LogP) is 1.89. The van der Waals surface area contributed by atoms with E-state index in [1.807, 2.05) is 0 Å². The van der Waals surface area contributed by atoms with Crippen LogP contribution in [-0.2, 0) is 111 Å². The zero-order valence-corrected chi connectivity index (χ0v) is 69.0. The molecule has 658 valence electrons. The third kappa shape index (κ3) is 47.4. The van der Waals surface area contributed by atoms with Crippen molar-refractivity contribution in [3.8, 4) is 0 Å². The van der Waals surface area contributed by atoms with E-state index in [1.54, 1.807) is 27.9 Å². The third-order valence-corrected chi connectivity index (χ3v) is 21.3. The molecule has 0 aromatic rings. The van der Waals surface area contributed by atoms with Gasteiger partial charge in [0.2, 0.25) is 0 Å². The summed E-state index contributed by atoms with van der Waals surface area (Å²) in [7, 11) is -17.9. The molecule has 3 aliphatic rings. The minimum Gasteiger partial charge on any atom is -0.756 e. The predicted molar refractivity (Wildman–Crippen MR) is 385 cm³/mol. The Morgan fingerprint density at radius 2 is 0.582 bits per heavy atom. The Morgan fingerprint density at radius 3 is 0.845 bits per heavy atom. The van der Waals surface area contributed by atoms with Crippen molar-refractivity contribution >= 4 is 31.3 Å². The maximum absolute atomic E-state index is 13.4. The van der Waals surface area contributed by atoms with Gasteiger partial charge in [0.1, 0.15) is 36.6 Å². The number of hydrogen-bond acceptors (Lipinski definition) is 38. The van der Waals surface area contributed by atoms with Crippen LogP contribution in [0.25, 0.3) is 0 Å². The molecule has 0 aliphatic carbocycles. The lowest BCUT2D eigenvalue weighted by Crippen LogP contribution is -2.55. The zero-order chi connectivity index (χ0) is 81.9. The van der Waals surface area contributed by atoms with Crippen molar-refractivity contribution < 1.29 is 182 Å². The van der Waals surface area contributed by atoms with Crippen LogP contribution in [0.2, 0.25) is 0 Å². The normalized spacial score (nSPS) is 27.7. The van der Waals surface area contributed by atoms with Crippen LogP contribution in [0.3, 0.4) is 0 Å². The van der Waals surface area contributed by atoms with E-state index in [0.717, 1.165) is 5.92 Å². The van der Waals surface area contributed by atoms with Gasteiger partial charge >= 0.3 is 0 Å². The Labute approximate surface area is 649 Å². The minimum atomic E-state index is -5.13. The second-order valence-corrected chi connectivity index (χ2v) is 33.9. The molecule has 0 saturated carbocycles. The van der Waals surface area contributed by atoms with Gasteiger partial charge < -0.3 is 164 Å². The summed E-state index contributed by atoms with van der Waals surface area (Å²) < 4.78 is 160. The molecular weight excluding hydrogens is 1550 g/mol. The van der Waals surface area contributed by atoms with E-state index in [9.17, 15) is 88.9 Å². The summed E-state index contributed by atoms with van der Waals surface area (Å²) in [6, 6.07) is 0. The van der Waals surface area contributed by atoms with Gasteiger partial charge in [0.15, 0.2) is 18.9 Å². The van der Waals surface area contributed by atoms with E-state index in [1.165, 1.54) is 0 Å². The SMILES string of the molecule is CC(C)C.COCCCOCC(CO)COCCCOP(=O)([O-])OCC(COCCCOP(=O)([O-])OCCCCCCO[C@@H]1OC(CO)[C@H](O)[C@H](O)C1C)(COCCCOP(=O)([O-])OCCCCCCO[C@@H]1OC(CO)[C@H](O)[C@H](O)C1C)COCCCOP(=O)([O-])OCCCCCCO[C@@H]1OC(CO)[C@H](O)[C@H](O)C1C. The van der Waals surface area contributed by atoms with Gasteiger partial charge in [-0.15, -0.1) is 0 Å². The van der Waals surface area contributed by atoms with Crippen LogP contribution >= 0.6 is 31.3 Å². The molecule has 42 heteroatoms. The molecule has 0 bridgehead atoms. The van der Waals surface area contributed by atoms with Crippen LogP contribution in [-0.4, -0.2) is 304 Å². The minimum absolute atomic E-state index is 0.0319. The van der Waals surface area contributed by atoms with Gasteiger partial charge in [0.05, 0.1) is 136 Å². The molecule has 0 amide bonds. The van der Waals surface area contributed by atoms with E-state index in [0.29, 0.717) is 96.7 Å². The van der Waals surface area contributed by atoms with Crippen molar-refractivity contribution in [2.45, 2.75) is 225 Å². The van der Waals surface area contributed by atoms with Gasteiger partial charge in [-0.3, -0.25) is 18.3 Å². The number of hydrogen-bond donors (Lipinski definition) is 10. The molecule has 3 rings (SSSR count). The first-order valence-electron chi connectivity index (χ1n) is 38.4. The van der Waals surface area contributed by atoms with Crippen molar-refractivity contribution in [1.29, 1.82) is 0 Å². The monoisotopic (exact) mass is 1680 g/mol. The van der Waals surface area contributed by atoms with Crippen molar-refractivity contribution in [2.24, 2.45) is 35.0 Å². The molecule has 3 aliphatic heterocycles. The van der Waals surface area contributed by atoms with E-state index in [-0.39, 0.29) is 144 Å². The molecule has 0 aromatic carbocycles. The van der Waals surface area contributed by atoms with Gasteiger partial charge in [0, 0.05) is 90.2 Å². The number of aliphatic hydroxyl groups excluding tert-OH is 10. The van der Waals surface area contributed by atoms with Crippen molar-refractivity contribution in [1.82, 2.24) is 0 Å². The summed E-state index contributed by atoms with van der Waals surface area (Å²) in [4.78, 5) is 51.4. The van der Waals surface area contributed by atoms with E-state index in [4.69, 9.17) is 93.0 Å². The lowest BCUT2D eigenvalue weighted by atomic mass is 9.92. The smallest absolute Gasteiger partial charge is 0.267 e. The van der Waals surface area contributed by atoms with Crippen LogP contribution in [0.4, 0.5) is 0 Å². The standard InChI is InChI=1S/C64H128O38P4.C4H10/c1-48-55(69)58(72)52(39-66)100-61(48)89-28-11-5-8-14-31-92-103(75,76)95-35-19-25-86-44-64(47-99-106(81,82)98-34-18-24-85-43-51(38-65)42-84-23-17-22-83-4,45-87-26-20-36-96-104(77,78)93-32-15-9-6-12-29-90-62-49(2)56(70)59(73)53(40-67)101-62)46-88-27-21-37-97-105(79,80)94-33-16-10-7-13-30-91-63-50(3)57(71)60(74)54(41-68)102-63;1-4(2)3/h48-63,65-74H,5-47H2,1-4H3,(H,75,76)(H,77,78)(H,79,80)(H,81,82);4H,1-3H3/p-4/t48?,49?,50?,51?,52?,53?,54?,55-,56-,57-,58+,59+,60+,61-,62-,63-,64?;/m1./s1. The molecular formula is C68H134O38P4-4. The maximum atomic E-state index is 13.4. The first kappa shape index (κ1) is 106. The Hall–Kier alpha value is -0.440. The highest BCUT2D eigenvalue weighted by Crippen LogP contribution is 2.43. The fourth-order valence-electron chi connectivity index (χ4n) is 10.8. The molecule has 3 heterocycles. The molecule has 20 atom stereocenters. The Morgan fingerprint density at radius 1 is 0.336 bits per heavy atom. The maximum Gasteiger partial charge on any atom is 0.267 e. The molecule has 0 spiro atoms. The lowest BCUT2D eigenvalue weighted by molar-refractivity contribution is -0.282. The number of phosphoric acid groups is 4. The summed E-state index contributed by atoms with van der Waals surface area (Å²) in [5, 5.41) is 99.2. The summed E-state index contributed by atoms with van der Waals surface area (Å²) in [5.74, 6) is -1.17. The van der Waals surface area contributed by atoms with Gasteiger partial charge in [-0.2, -0.15) is 0 Å². The Kier molecular flexibility index (Phi) is 58.5. The van der Waals surface area contributed by atoms with E-state index >= 15 is 0 Å². The largest absolute Gasteiger partial charge is 0.756 e. The second kappa shape index (κ2) is 60.9. The first-order chi connectivity index (χ1) is 52.3. The average molecular weight is 1680 g/mol. The summed E-state index contributed by atoms with van der Waals surface area (Å²) in [5.41, 5.74) is -1.54. The Balaban J connectivity index is 0.0000100. The topological polar surface area (TPSA) is 547 Å². The summed E-state index contributed by atoms with van der Waals surface area (Å²) in [6.45, 7) is 7.23. The number of aliphatic hydroxyl groups is 10. The van der Waals surface area contributed by atoms with Gasteiger partial charge in [-0.05, 0) is 76.5 Å². The van der Waals surface area contributed by atoms with E-state index < -0.39 is 175 Å². The van der Waals surface area contributed by atoms with Crippen molar-refractivity contribution in [3.63, 3.8) is 0 Å². The van der Waals surface area contributed by atoms with E-state index in [2.05, 4.69) is 20.8 Å². The zero-order valence-electron chi connectivity index (χ0n) is 65.4. The quantitative estimate of drug-likeness (QED) is 0.0307. The van der Waals surface area contributed by atoms with Crippen LogP contribution in [0.15, 0.2) is 0 Å². The number of methoxy groups -OCH3 is 1. The number of rotatable bonds is 68. The molecule has 3 saturated heterocycles. The van der Waals surface area contributed by atoms with Gasteiger partial charge in [-0.25, -0.2) is 0 Å². The molecule has 110 heavy (non-hydrogen) atoms.